The van der Waals surface area contributed by atoms with Gasteiger partial charge in [-0.2, -0.15) is 26.3 Å². The summed E-state index contributed by atoms with van der Waals surface area (Å²) in [5.41, 5.74) is -1.28. The predicted octanol–water partition coefficient (Wildman–Crippen LogP) is 2.98. The molecule has 0 bridgehead atoms. The van der Waals surface area contributed by atoms with Gasteiger partial charge in [0, 0.05) is 12.7 Å². The third kappa shape index (κ3) is 5.32. The van der Waals surface area contributed by atoms with Gasteiger partial charge < -0.3 is 0 Å². The van der Waals surface area contributed by atoms with Gasteiger partial charge in [-0.25, -0.2) is 18.1 Å². The molecule has 0 aromatic carbocycles. The highest BCUT2D eigenvalue weighted by Gasteiger charge is 2.33. The molecule has 0 saturated heterocycles. The fourth-order valence-electron chi connectivity index (χ4n) is 1.17. The van der Waals surface area contributed by atoms with E-state index in [-0.39, 0.29) is 6.20 Å². The Morgan fingerprint density at radius 1 is 1.19 bits per heavy atom. The van der Waals surface area contributed by atoms with Crippen LogP contribution in [0.1, 0.15) is 12.0 Å². The van der Waals surface area contributed by atoms with Gasteiger partial charge in [-0.15, -0.1) is 0 Å². The van der Waals surface area contributed by atoms with Crippen molar-refractivity contribution in [1.29, 1.82) is 0 Å². The molecule has 0 aliphatic carbocycles. The molecule has 120 valence electrons. The maximum Gasteiger partial charge on any atom is 0.417 e. The van der Waals surface area contributed by atoms with E-state index in [1.54, 1.807) is 4.72 Å². The van der Waals surface area contributed by atoms with Gasteiger partial charge in [0.2, 0.25) is 0 Å². The van der Waals surface area contributed by atoms with Crippen LogP contribution in [-0.4, -0.2) is 26.1 Å². The van der Waals surface area contributed by atoms with Gasteiger partial charge in [0.1, 0.15) is 0 Å². The number of nitrogens with one attached hydrogen (secondary N) is 1. The van der Waals surface area contributed by atoms with Crippen LogP contribution in [-0.2, 0) is 16.2 Å². The second-order valence-electron chi connectivity index (χ2n) is 3.77. The lowest BCUT2D eigenvalue weighted by molar-refractivity contribution is -0.138. The quantitative estimate of drug-likeness (QED) is 0.844. The summed E-state index contributed by atoms with van der Waals surface area (Å²) in [6.07, 6.45) is -10.6. The first-order valence-electron chi connectivity index (χ1n) is 5.12. The Morgan fingerprint density at radius 2 is 1.76 bits per heavy atom. The topological polar surface area (TPSA) is 59.1 Å². The van der Waals surface area contributed by atoms with Gasteiger partial charge in [-0.1, -0.05) is 11.6 Å². The molecule has 0 amide bonds. The van der Waals surface area contributed by atoms with Gasteiger partial charge in [0.05, 0.1) is 17.0 Å². The Morgan fingerprint density at radius 3 is 2.19 bits per heavy atom. The lowest BCUT2D eigenvalue weighted by Crippen LogP contribution is -2.29. The molecule has 1 heterocycles. The largest absolute Gasteiger partial charge is 0.417 e. The summed E-state index contributed by atoms with van der Waals surface area (Å²) in [7, 11) is -4.54. The molecule has 1 N–H and O–H groups in total. The van der Waals surface area contributed by atoms with Crippen LogP contribution >= 0.6 is 11.6 Å². The Kier molecular flexibility index (Phi) is 5.11. The van der Waals surface area contributed by atoms with Crippen LogP contribution < -0.4 is 4.72 Å². The molecule has 21 heavy (non-hydrogen) atoms. The van der Waals surface area contributed by atoms with Gasteiger partial charge in [0.25, 0.3) is 10.0 Å². The molecule has 0 saturated carbocycles. The summed E-state index contributed by atoms with van der Waals surface area (Å²) in [6.45, 7) is -0.981. The van der Waals surface area contributed by atoms with Crippen LogP contribution in [0.5, 0.6) is 0 Å². The van der Waals surface area contributed by atoms with Crippen LogP contribution in [0.4, 0.5) is 26.3 Å². The minimum Gasteiger partial charge on any atom is -0.241 e. The molecule has 12 heteroatoms. The van der Waals surface area contributed by atoms with Gasteiger partial charge >= 0.3 is 12.4 Å². The van der Waals surface area contributed by atoms with Crippen molar-refractivity contribution >= 4 is 21.6 Å². The number of rotatable bonds is 4. The van der Waals surface area contributed by atoms with Crippen molar-refractivity contribution in [2.45, 2.75) is 23.8 Å². The van der Waals surface area contributed by atoms with Crippen molar-refractivity contribution in [3.05, 3.63) is 22.8 Å². The fraction of sp³-hybridized carbons (Fsp3) is 0.444. The molecule has 0 spiro atoms. The second-order valence-corrected chi connectivity index (χ2v) is 5.86. The molecule has 0 radical (unpaired) electrons. The molecule has 0 aliphatic rings. The summed E-state index contributed by atoms with van der Waals surface area (Å²) in [5, 5.41) is -1.82. The third-order valence-corrected chi connectivity index (χ3v) is 3.91. The number of hydrogen-bond acceptors (Lipinski definition) is 3. The van der Waals surface area contributed by atoms with Crippen LogP contribution in [0.15, 0.2) is 17.3 Å². The predicted molar refractivity (Wildman–Crippen MR) is 60.1 cm³/mol. The smallest absolute Gasteiger partial charge is 0.241 e. The lowest BCUT2D eigenvalue weighted by Gasteiger charge is -2.11. The van der Waals surface area contributed by atoms with Crippen molar-refractivity contribution in [3.63, 3.8) is 0 Å². The van der Waals surface area contributed by atoms with E-state index >= 15 is 0 Å². The maximum absolute atomic E-state index is 12.3. The molecule has 0 fully saturated rings. The molecule has 0 atom stereocenters. The van der Waals surface area contributed by atoms with Crippen LogP contribution in [0.25, 0.3) is 0 Å². The van der Waals surface area contributed by atoms with E-state index in [0.29, 0.717) is 6.07 Å². The summed E-state index contributed by atoms with van der Waals surface area (Å²) in [4.78, 5) is 3.05. The van der Waals surface area contributed by atoms with Crippen molar-refractivity contribution in [2.24, 2.45) is 0 Å². The minimum absolute atomic E-state index is 0.226. The molecule has 1 rings (SSSR count). The number of pyridine rings is 1. The highest BCUT2D eigenvalue weighted by Crippen LogP contribution is 2.32. The zero-order valence-electron chi connectivity index (χ0n) is 9.89. The first-order chi connectivity index (χ1) is 9.33. The number of hydrogen-bond donors (Lipinski definition) is 1. The maximum atomic E-state index is 12.3. The number of nitrogens with zero attached hydrogens (tertiary/aromatic N) is 1. The van der Waals surface area contributed by atoms with Crippen molar-refractivity contribution < 1.29 is 34.8 Å². The summed E-state index contributed by atoms with van der Waals surface area (Å²) in [5.74, 6) is 0. The summed E-state index contributed by atoms with van der Waals surface area (Å²) < 4.78 is 97.5. The molecule has 1 aromatic heterocycles. The zero-order valence-corrected chi connectivity index (χ0v) is 11.5. The van der Waals surface area contributed by atoms with Gasteiger partial charge in [-0.3, -0.25) is 0 Å². The van der Waals surface area contributed by atoms with Crippen molar-refractivity contribution in [3.8, 4) is 0 Å². The normalized spacial score (nSPS) is 13.5. The highest BCUT2D eigenvalue weighted by molar-refractivity contribution is 7.89. The number of halogens is 7. The lowest BCUT2D eigenvalue weighted by atomic mass is 10.3. The van der Waals surface area contributed by atoms with Gasteiger partial charge in [0.15, 0.2) is 5.03 Å². The molecule has 4 nitrogen and oxygen atoms in total. The highest BCUT2D eigenvalue weighted by atomic mass is 35.5. The standard InChI is InChI=1S/C9H7ClF6N2O2S/c10-6-3-5(9(14,15)16)4-17-7(6)21(19,20)18-2-1-8(11,12)13/h3-4,18H,1-2H2. The van der Waals surface area contributed by atoms with Crippen LogP contribution in [0, 0.1) is 0 Å². The van der Waals surface area contributed by atoms with Crippen LogP contribution in [0.3, 0.4) is 0 Å². The van der Waals surface area contributed by atoms with Crippen molar-refractivity contribution in [1.82, 2.24) is 9.71 Å². The Hall–Kier alpha value is -1.07. The minimum atomic E-state index is -4.78. The molecule has 1 aromatic rings. The summed E-state index contributed by atoms with van der Waals surface area (Å²) >= 11 is 5.38. The van der Waals surface area contributed by atoms with E-state index in [2.05, 4.69) is 4.98 Å². The van der Waals surface area contributed by atoms with E-state index in [1.807, 2.05) is 0 Å². The first-order valence-corrected chi connectivity index (χ1v) is 6.98. The Bertz CT molecular complexity index is 614. The van der Waals surface area contributed by atoms with E-state index < -0.39 is 51.0 Å². The second kappa shape index (κ2) is 5.97. The van der Waals surface area contributed by atoms with Gasteiger partial charge in [-0.05, 0) is 6.07 Å². The number of alkyl halides is 6. The fourth-order valence-corrected chi connectivity index (χ4v) is 2.66. The Balaban J connectivity index is 2.94. The number of aromatic nitrogens is 1. The molecular formula is C9H7ClF6N2O2S. The van der Waals surface area contributed by atoms with E-state index in [1.165, 1.54) is 0 Å². The average Bonchev–Trinajstić information content (AvgIpc) is 2.24. The first kappa shape index (κ1) is 18.0. The molecule has 0 unspecified atom stereocenters. The van der Waals surface area contributed by atoms with E-state index in [9.17, 15) is 34.8 Å². The van der Waals surface area contributed by atoms with E-state index in [0.717, 1.165) is 0 Å². The molecular weight excluding hydrogens is 350 g/mol. The summed E-state index contributed by atoms with van der Waals surface area (Å²) in [6, 6.07) is 0.326. The zero-order chi connectivity index (χ0) is 16.5. The average molecular weight is 357 g/mol. The third-order valence-electron chi connectivity index (χ3n) is 2.09. The monoisotopic (exact) mass is 356 g/mol. The Labute approximate surface area is 120 Å². The number of sulfonamides is 1. The SMILES string of the molecule is O=S(=O)(NCCC(F)(F)F)c1ncc(C(F)(F)F)cc1Cl. The van der Waals surface area contributed by atoms with E-state index in [4.69, 9.17) is 11.6 Å². The van der Waals surface area contributed by atoms with Crippen molar-refractivity contribution in [2.75, 3.05) is 6.54 Å². The van der Waals surface area contributed by atoms with Crippen LogP contribution in [0.2, 0.25) is 5.02 Å². The molecule has 0 aliphatic heterocycles.